The third kappa shape index (κ3) is 8.16. The molecule has 0 spiro atoms. The van der Waals surface area contributed by atoms with Gasteiger partial charge in [0.25, 0.3) is 0 Å². The molecule has 0 radical (unpaired) electrons. The highest BCUT2D eigenvalue weighted by Gasteiger charge is 2.25. The lowest BCUT2D eigenvalue weighted by atomic mass is 10.2. The minimum atomic E-state index is -0.461. The van der Waals surface area contributed by atoms with E-state index >= 15 is 0 Å². The molecule has 2 N–H and O–H groups in total. The van der Waals surface area contributed by atoms with Gasteiger partial charge in [0.15, 0.2) is 5.96 Å². The van der Waals surface area contributed by atoms with E-state index in [1.165, 1.54) is 0 Å². The Bertz CT molecular complexity index is 740. The Morgan fingerprint density at radius 1 is 1.10 bits per heavy atom. The van der Waals surface area contributed by atoms with E-state index in [0.29, 0.717) is 19.6 Å². The van der Waals surface area contributed by atoms with Crippen LogP contribution in [0.15, 0.2) is 23.2 Å². The number of amides is 1. The van der Waals surface area contributed by atoms with E-state index in [1.54, 1.807) is 26.2 Å². The molecule has 1 aliphatic rings. The fourth-order valence-corrected chi connectivity index (χ4v) is 3.21. The Balaban J connectivity index is 1.71. The average molecular weight is 436 g/mol. The SMILES string of the molecule is CN=C(NCCN1CCN(C(=O)OC(C)(C)C)CC1)NCc1ccc(OC)cc1OC. The summed E-state index contributed by atoms with van der Waals surface area (Å²) in [5.41, 5.74) is 0.557. The fraction of sp³-hybridized carbons (Fsp3) is 0.636. The zero-order chi connectivity index (χ0) is 22.9. The lowest BCUT2D eigenvalue weighted by Crippen LogP contribution is -2.51. The molecule has 1 saturated heterocycles. The molecule has 9 heteroatoms. The van der Waals surface area contributed by atoms with Crippen LogP contribution in [0.4, 0.5) is 4.79 Å². The first-order valence-corrected chi connectivity index (χ1v) is 10.6. The summed E-state index contributed by atoms with van der Waals surface area (Å²) >= 11 is 0. The number of nitrogens with one attached hydrogen (secondary N) is 2. The maximum atomic E-state index is 12.2. The summed E-state index contributed by atoms with van der Waals surface area (Å²) in [7, 11) is 5.03. The lowest BCUT2D eigenvalue weighted by Gasteiger charge is -2.35. The van der Waals surface area contributed by atoms with E-state index in [9.17, 15) is 4.79 Å². The number of carbonyl (C=O) groups excluding carboxylic acids is 1. The zero-order valence-electron chi connectivity index (χ0n) is 19.7. The van der Waals surface area contributed by atoms with Gasteiger partial charge in [-0.2, -0.15) is 0 Å². The third-order valence-corrected chi connectivity index (χ3v) is 4.91. The van der Waals surface area contributed by atoms with Crippen molar-refractivity contribution in [1.29, 1.82) is 0 Å². The monoisotopic (exact) mass is 435 g/mol. The van der Waals surface area contributed by atoms with Gasteiger partial charge in [0.1, 0.15) is 17.1 Å². The highest BCUT2D eigenvalue weighted by atomic mass is 16.6. The number of aliphatic imine (C=N–C) groups is 1. The highest BCUT2D eigenvalue weighted by molar-refractivity contribution is 5.79. The van der Waals surface area contributed by atoms with Crippen LogP contribution in [-0.4, -0.2) is 88.0 Å². The molecule has 0 atom stereocenters. The van der Waals surface area contributed by atoms with Crippen LogP contribution in [0.2, 0.25) is 0 Å². The summed E-state index contributed by atoms with van der Waals surface area (Å²) in [5.74, 6) is 2.25. The van der Waals surface area contributed by atoms with Crippen LogP contribution in [-0.2, 0) is 11.3 Å². The smallest absolute Gasteiger partial charge is 0.410 e. The summed E-state index contributed by atoms with van der Waals surface area (Å²) in [6.07, 6.45) is -0.233. The number of hydrogen-bond acceptors (Lipinski definition) is 6. The molecule has 1 aromatic rings. The van der Waals surface area contributed by atoms with Crippen LogP contribution in [0.1, 0.15) is 26.3 Å². The zero-order valence-corrected chi connectivity index (χ0v) is 19.7. The minimum Gasteiger partial charge on any atom is -0.497 e. The molecule has 0 bridgehead atoms. The van der Waals surface area contributed by atoms with Crippen LogP contribution in [0, 0.1) is 0 Å². The summed E-state index contributed by atoms with van der Waals surface area (Å²) in [6.45, 7) is 10.9. The molecule has 1 amide bonds. The van der Waals surface area contributed by atoms with Crippen molar-refractivity contribution in [2.24, 2.45) is 4.99 Å². The summed E-state index contributed by atoms with van der Waals surface area (Å²) in [5, 5.41) is 6.65. The lowest BCUT2D eigenvalue weighted by molar-refractivity contribution is 0.0147. The maximum Gasteiger partial charge on any atom is 0.410 e. The summed E-state index contributed by atoms with van der Waals surface area (Å²) in [6, 6.07) is 5.75. The molecular weight excluding hydrogens is 398 g/mol. The topological polar surface area (TPSA) is 87.7 Å². The highest BCUT2D eigenvalue weighted by Crippen LogP contribution is 2.24. The summed E-state index contributed by atoms with van der Waals surface area (Å²) < 4.78 is 16.1. The van der Waals surface area contributed by atoms with Gasteiger partial charge in [-0.15, -0.1) is 0 Å². The molecule has 0 aromatic heterocycles. The van der Waals surface area contributed by atoms with E-state index < -0.39 is 5.60 Å². The molecule has 1 fully saturated rings. The second kappa shape index (κ2) is 11.6. The van der Waals surface area contributed by atoms with E-state index in [0.717, 1.165) is 49.2 Å². The van der Waals surface area contributed by atoms with Gasteiger partial charge in [-0.1, -0.05) is 0 Å². The second-order valence-electron chi connectivity index (χ2n) is 8.34. The number of nitrogens with zero attached hydrogens (tertiary/aromatic N) is 3. The van der Waals surface area contributed by atoms with Crippen LogP contribution < -0.4 is 20.1 Å². The molecule has 174 valence electrons. The first-order chi connectivity index (χ1) is 14.8. The van der Waals surface area contributed by atoms with Crippen molar-refractivity contribution in [1.82, 2.24) is 20.4 Å². The van der Waals surface area contributed by atoms with E-state index in [2.05, 4.69) is 20.5 Å². The van der Waals surface area contributed by atoms with Crippen molar-refractivity contribution in [3.8, 4) is 11.5 Å². The van der Waals surface area contributed by atoms with Gasteiger partial charge in [0.2, 0.25) is 0 Å². The van der Waals surface area contributed by atoms with Crippen molar-refractivity contribution in [2.75, 3.05) is 60.5 Å². The number of methoxy groups -OCH3 is 2. The first-order valence-electron chi connectivity index (χ1n) is 10.6. The van der Waals surface area contributed by atoms with Gasteiger partial charge in [0, 0.05) is 64.5 Å². The molecule has 0 saturated carbocycles. The molecule has 0 unspecified atom stereocenters. The molecule has 9 nitrogen and oxygen atoms in total. The van der Waals surface area contributed by atoms with Gasteiger partial charge >= 0.3 is 6.09 Å². The first kappa shape index (κ1) is 24.6. The number of guanidine groups is 1. The van der Waals surface area contributed by atoms with Gasteiger partial charge in [-0.25, -0.2) is 4.79 Å². The number of benzene rings is 1. The molecule has 1 aromatic carbocycles. The van der Waals surface area contributed by atoms with Crippen molar-refractivity contribution in [3.05, 3.63) is 23.8 Å². The molecule has 0 aliphatic carbocycles. The van der Waals surface area contributed by atoms with Crippen LogP contribution in [0.3, 0.4) is 0 Å². The number of hydrogen-bond donors (Lipinski definition) is 2. The van der Waals surface area contributed by atoms with Gasteiger partial charge < -0.3 is 29.7 Å². The number of piperazine rings is 1. The van der Waals surface area contributed by atoms with Crippen molar-refractivity contribution in [3.63, 3.8) is 0 Å². The van der Waals surface area contributed by atoms with E-state index in [-0.39, 0.29) is 6.09 Å². The molecule has 1 aliphatic heterocycles. The van der Waals surface area contributed by atoms with Crippen LogP contribution in [0.25, 0.3) is 0 Å². The number of ether oxygens (including phenoxy) is 3. The third-order valence-electron chi connectivity index (χ3n) is 4.91. The maximum absolute atomic E-state index is 12.2. The van der Waals surface area contributed by atoms with Crippen LogP contribution >= 0.6 is 0 Å². The second-order valence-corrected chi connectivity index (χ2v) is 8.34. The Hall–Kier alpha value is -2.68. The average Bonchev–Trinajstić information content (AvgIpc) is 2.75. The predicted octanol–water partition coefficient (Wildman–Crippen LogP) is 1.92. The van der Waals surface area contributed by atoms with E-state index in [4.69, 9.17) is 14.2 Å². The van der Waals surface area contributed by atoms with Gasteiger partial charge in [-0.3, -0.25) is 9.89 Å². The van der Waals surface area contributed by atoms with Crippen molar-refractivity contribution in [2.45, 2.75) is 32.9 Å². The van der Waals surface area contributed by atoms with Gasteiger partial charge in [0.05, 0.1) is 14.2 Å². The Labute approximate surface area is 185 Å². The molecule has 1 heterocycles. The Kier molecular flexibility index (Phi) is 9.23. The molecule has 31 heavy (non-hydrogen) atoms. The van der Waals surface area contributed by atoms with Gasteiger partial charge in [-0.05, 0) is 32.9 Å². The predicted molar refractivity (Wildman–Crippen MR) is 122 cm³/mol. The standard InChI is InChI=1S/C22H37N5O4/c1-22(2,3)31-21(28)27-13-11-26(12-14-27)10-9-24-20(23-4)25-16-17-7-8-18(29-5)15-19(17)30-6/h7-8,15H,9-14,16H2,1-6H3,(H2,23,24,25). The van der Waals surface area contributed by atoms with Crippen LogP contribution in [0.5, 0.6) is 11.5 Å². The molecule has 2 rings (SSSR count). The quantitative estimate of drug-likeness (QED) is 0.500. The minimum absolute atomic E-state index is 0.233. The Morgan fingerprint density at radius 2 is 1.81 bits per heavy atom. The van der Waals surface area contributed by atoms with Crippen molar-refractivity contribution >= 4 is 12.1 Å². The summed E-state index contributed by atoms with van der Waals surface area (Å²) in [4.78, 5) is 20.6. The van der Waals surface area contributed by atoms with Crippen molar-refractivity contribution < 1.29 is 19.0 Å². The molecular formula is C22H37N5O4. The number of carbonyl (C=O) groups is 1. The largest absolute Gasteiger partial charge is 0.497 e. The number of rotatable bonds is 7. The fourth-order valence-electron chi connectivity index (χ4n) is 3.21. The Morgan fingerprint density at radius 3 is 2.39 bits per heavy atom. The van der Waals surface area contributed by atoms with E-state index in [1.807, 2.05) is 39.0 Å². The normalized spacial score (nSPS) is 15.4.